The van der Waals surface area contributed by atoms with Gasteiger partial charge in [0.1, 0.15) is 18.1 Å². The largest absolute Gasteiger partial charge is 0.508 e. The molecular formula is C18H20N2O2. The highest BCUT2D eigenvalue weighted by Gasteiger charge is 2.11. The zero-order valence-electron chi connectivity index (χ0n) is 12.6. The maximum absolute atomic E-state index is 9.31. The lowest BCUT2D eigenvalue weighted by atomic mass is 10.1. The van der Waals surface area contributed by atoms with Crippen LogP contribution in [0.1, 0.15) is 18.1 Å². The summed E-state index contributed by atoms with van der Waals surface area (Å²) in [6.07, 6.45) is 2.13. The maximum atomic E-state index is 9.31. The summed E-state index contributed by atoms with van der Waals surface area (Å²) in [5, 5.41) is 10.5. The highest BCUT2D eigenvalue weighted by molar-refractivity contribution is 5.86. The average molecular weight is 296 g/mol. The summed E-state index contributed by atoms with van der Waals surface area (Å²) in [6.45, 7) is 4.03. The molecule has 114 valence electrons. The summed E-state index contributed by atoms with van der Waals surface area (Å²) < 4.78 is 8.05. The first-order chi connectivity index (χ1) is 10.7. The number of aromatic hydroxyl groups is 1. The van der Waals surface area contributed by atoms with Crippen molar-refractivity contribution < 1.29 is 9.84 Å². The lowest BCUT2D eigenvalue weighted by molar-refractivity contribution is 0.307. The lowest BCUT2D eigenvalue weighted by Crippen LogP contribution is -2.00. The third-order valence-corrected chi connectivity index (χ3v) is 3.86. The van der Waals surface area contributed by atoms with Crippen molar-refractivity contribution in [3.8, 4) is 11.5 Å². The first-order valence-electron chi connectivity index (χ1n) is 7.44. The molecule has 1 heterocycles. The fraction of sp³-hybridized carbons (Fsp3) is 0.222. The van der Waals surface area contributed by atoms with Crippen LogP contribution in [0, 0.1) is 0 Å². The van der Waals surface area contributed by atoms with E-state index in [1.165, 1.54) is 10.9 Å². The minimum atomic E-state index is 0.238. The molecule has 0 fully saturated rings. The Balaban J connectivity index is 1.92. The fourth-order valence-electron chi connectivity index (χ4n) is 2.74. The summed E-state index contributed by atoms with van der Waals surface area (Å²) in [7, 11) is 0. The second-order valence-corrected chi connectivity index (χ2v) is 5.24. The first-order valence-corrected chi connectivity index (χ1v) is 7.44. The van der Waals surface area contributed by atoms with Crippen molar-refractivity contribution in [3.63, 3.8) is 0 Å². The summed E-state index contributed by atoms with van der Waals surface area (Å²) >= 11 is 0. The number of phenolic OH excluding ortho intramolecular Hbond substituents is 1. The van der Waals surface area contributed by atoms with Gasteiger partial charge in [-0.3, -0.25) is 0 Å². The standard InChI is InChI=1S/C18H20N2O2/c1-2-20-11-14(12-22-16-8-6-15(21)7-9-16)17-5-3-4-13(10-19)18(17)20/h3-9,11,21H,2,10,12,19H2,1H3. The number of nitrogens with two attached hydrogens (primary N) is 1. The molecule has 0 aliphatic heterocycles. The number of benzene rings is 2. The van der Waals surface area contributed by atoms with E-state index in [9.17, 15) is 5.11 Å². The van der Waals surface area contributed by atoms with Gasteiger partial charge in [-0.15, -0.1) is 0 Å². The molecule has 0 aliphatic rings. The number of aromatic nitrogens is 1. The Morgan fingerprint density at radius 1 is 1.09 bits per heavy atom. The molecule has 4 nitrogen and oxygen atoms in total. The number of para-hydroxylation sites is 1. The SMILES string of the molecule is CCn1cc(COc2ccc(O)cc2)c2cccc(CN)c21. The van der Waals surface area contributed by atoms with Crippen LogP contribution < -0.4 is 10.5 Å². The van der Waals surface area contributed by atoms with E-state index in [0.717, 1.165) is 23.4 Å². The zero-order chi connectivity index (χ0) is 15.5. The van der Waals surface area contributed by atoms with E-state index in [1.54, 1.807) is 24.3 Å². The predicted molar refractivity (Wildman–Crippen MR) is 87.9 cm³/mol. The molecule has 0 radical (unpaired) electrons. The molecular weight excluding hydrogens is 276 g/mol. The average Bonchev–Trinajstić information content (AvgIpc) is 2.92. The zero-order valence-corrected chi connectivity index (χ0v) is 12.6. The van der Waals surface area contributed by atoms with Gasteiger partial charge in [0.2, 0.25) is 0 Å². The van der Waals surface area contributed by atoms with Crippen molar-refractivity contribution in [2.24, 2.45) is 5.73 Å². The number of hydrogen-bond donors (Lipinski definition) is 2. The number of aryl methyl sites for hydroxylation is 1. The van der Waals surface area contributed by atoms with Crippen LogP contribution in [0.15, 0.2) is 48.7 Å². The van der Waals surface area contributed by atoms with Crippen molar-refractivity contribution in [3.05, 3.63) is 59.8 Å². The fourth-order valence-corrected chi connectivity index (χ4v) is 2.74. The molecule has 4 heteroatoms. The van der Waals surface area contributed by atoms with Crippen LogP contribution in [0.4, 0.5) is 0 Å². The molecule has 0 unspecified atom stereocenters. The van der Waals surface area contributed by atoms with Gasteiger partial charge >= 0.3 is 0 Å². The number of ether oxygens (including phenoxy) is 1. The third kappa shape index (κ3) is 2.65. The van der Waals surface area contributed by atoms with E-state index >= 15 is 0 Å². The van der Waals surface area contributed by atoms with Gasteiger partial charge in [0, 0.05) is 30.2 Å². The number of rotatable bonds is 5. The van der Waals surface area contributed by atoms with Crippen LogP contribution in [-0.2, 0) is 19.7 Å². The number of phenols is 1. The van der Waals surface area contributed by atoms with Crippen molar-refractivity contribution in [2.45, 2.75) is 26.6 Å². The third-order valence-electron chi connectivity index (χ3n) is 3.86. The Bertz CT molecular complexity index is 776. The van der Waals surface area contributed by atoms with Crippen LogP contribution in [-0.4, -0.2) is 9.67 Å². The molecule has 2 aromatic carbocycles. The summed E-state index contributed by atoms with van der Waals surface area (Å²) in [6, 6.07) is 13.0. The van der Waals surface area contributed by atoms with Crippen LogP contribution in [0.2, 0.25) is 0 Å². The summed E-state index contributed by atoms with van der Waals surface area (Å²) in [4.78, 5) is 0. The van der Waals surface area contributed by atoms with Crippen LogP contribution >= 0.6 is 0 Å². The van der Waals surface area contributed by atoms with Crippen molar-refractivity contribution in [1.82, 2.24) is 4.57 Å². The number of fused-ring (bicyclic) bond motifs is 1. The highest BCUT2D eigenvalue weighted by atomic mass is 16.5. The van der Waals surface area contributed by atoms with E-state index in [1.807, 2.05) is 6.07 Å². The molecule has 0 atom stereocenters. The van der Waals surface area contributed by atoms with Gasteiger partial charge in [-0.1, -0.05) is 18.2 Å². The van der Waals surface area contributed by atoms with E-state index in [4.69, 9.17) is 10.5 Å². The Morgan fingerprint density at radius 2 is 1.86 bits per heavy atom. The molecule has 0 bridgehead atoms. The summed E-state index contributed by atoms with van der Waals surface area (Å²) in [5.74, 6) is 0.979. The van der Waals surface area contributed by atoms with E-state index in [2.05, 4.69) is 29.8 Å². The molecule has 0 aliphatic carbocycles. The maximum Gasteiger partial charge on any atom is 0.120 e. The van der Waals surface area contributed by atoms with Crippen LogP contribution in [0.3, 0.4) is 0 Å². The summed E-state index contributed by atoms with van der Waals surface area (Å²) in [5.41, 5.74) is 9.34. The van der Waals surface area contributed by atoms with Gasteiger partial charge in [0.15, 0.2) is 0 Å². The minimum absolute atomic E-state index is 0.238. The monoisotopic (exact) mass is 296 g/mol. The second-order valence-electron chi connectivity index (χ2n) is 5.24. The molecule has 1 aromatic heterocycles. The highest BCUT2D eigenvalue weighted by Crippen LogP contribution is 2.26. The molecule has 3 N–H and O–H groups in total. The van der Waals surface area contributed by atoms with E-state index in [-0.39, 0.29) is 5.75 Å². The molecule has 0 saturated carbocycles. The molecule has 0 spiro atoms. The van der Waals surface area contributed by atoms with Crippen molar-refractivity contribution in [2.75, 3.05) is 0 Å². The minimum Gasteiger partial charge on any atom is -0.508 e. The van der Waals surface area contributed by atoms with E-state index < -0.39 is 0 Å². The Morgan fingerprint density at radius 3 is 2.55 bits per heavy atom. The Labute approximate surface area is 129 Å². The number of nitrogens with zero attached hydrogens (tertiary/aromatic N) is 1. The first kappa shape index (κ1) is 14.5. The molecule has 0 saturated heterocycles. The topological polar surface area (TPSA) is 60.4 Å². The molecule has 3 rings (SSSR count). The Kier molecular flexibility index (Phi) is 4.02. The van der Waals surface area contributed by atoms with Gasteiger partial charge in [0.05, 0.1) is 5.52 Å². The van der Waals surface area contributed by atoms with Gasteiger partial charge in [0.25, 0.3) is 0 Å². The predicted octanol–water partition coefficient (Wildman–Crippen LogP) is 3.40. The molecule has 22 heavy (non-hydrogen) atoms. The van der Waals surface area contributed by atoms with Gasteiger partial charge in [-0.05, 0) is 36.8 Å². The number of hydrogen-bond acceptors (Lipinski definition) is 3. The van der Waals surface area contributed by atoms with Crippen molar-refractivity contribution >= 4 is 10.9 Å². The van der Waals surface area contributed by atoms with Gasteiger partial charge in [-0.25, -0.2) is 0 Å². The molecule has 3 aromatic rings. The smallest absolute Gasteiger partial charge is 0.120 e. The van der Waals surface area contributed by atoms with Gasteiger partial charge in [-0.2, -0.15) is 0 Å². The Hall–Kier alpha value is -2.46. The lowest BCUT2D eigenvalue weighted by Gasteiger charge is -2.06. The van der Waals surface area contributed by atoms with Gasteiger partial charge < -0.3 is 20.1 Å². The van der Waals surface area contributed by atoms with Crippen LogP contribution in [0.5, 0.6) is 11.5 Å². The van der Waals surface area contributed by atoms with Crippen LogP contribution in [0.25, 0.3) is 10.9 Å². The molecule has 0 amide bonds. The normalized spacial score (nSPS) is 11.0. The van der Waals surface area contributed by atoms with E-state index in [0.29, 0.717) is 13.2 Å². The quantitative estimate of drug-likeness (QED) is 0.758. The van der Waals surface area contributed by atoms with Crippen molar-refractivity contribution in [1.29, 1.82) is 0 Å². The second kappa shape index (κ2) is 6.12.